The minimum Gasteiger partial charge on any atom is -0.399 e. The first-order valence-corrected chi connectivity index (χ1v) is 8.24. The zero-order valence-corrected chi connectivity index (χ0v) is 15.2. The molecule has 1 aliphatic heterocycles. The summed E-state index contributed by atoms with van der Waals surface area (Å²) in [6.45, 7) is 14.7. The fourth-order valence-electron chi connectivity index (χ4n) is 3.07. The summed E-state index contributed by atoms with van der Waals surface area (Å²) in [6.07, 6.45) is 0. The van der Waals surface area contributed by atoms with Crippen LogP contribution in [0.1, 0.15) is 44.6 Å². The number of hydrogen-bond donors (Lipinski definition) is 0. The van der Waals surface area contributed by atoms with Crippen molar-refractivity contribution in [2.75, 3.05) is 0 Å². The average Bonchev–Trinajstić information content (AvgIpc) is 2.87. The highest BCUT2D eigenvalue weighted by Gasteiger charge is 2.52. The number of aromatic nitrogens is 1. The van der Waals surface area contributed by atoms with Crippen LogP contribution in [0, 0.1) is 20.8 Å². The molecular formula is C19H26BNO2. The molecule has 0 atom stereocenters. The molecule has 1 saturated heterocycles. The number of nitrogens with zero attached hydrogens (tertiary/aromatic N) is 1. The molecule has 1 aliphatic rings. The van der Waals surface area contributed by atoms with Crippen LogP contribution >= 0.6 is 0 Å². The lowest BCUT2D eigenvalue weighted by molar-refractivity contribution is 0.00578. The van der Waals surface area contributed by atoms with Crippen LogP contribution < -0.4 is 5.46 Å². The van der Waals surface area contributed by atoms with Gasteiger partial charge in [0.05, 0.1) is 11.2 Å². The van der Waals surface area contributed by atoms with E-state index in [0.29, 0.717) is 0 Å². The van der Waals surface area contributed by atoms with Gasteiger partial charge in [-0.2, -0.15) is 0 Å². The number of benzene rings is 1. The molecule has 122 valence electrons. The summed E-state index contributed by atoms with van der Waals surface area (Å²) >= 11 is 0. The van der Waals surface area contributed by atoms with Gasteiger partial charge in [0.25, 0.3) is 0 Å². The quantitative estimate of drug-likeness (QED) is 0.790. The standard InChI is InChI=1S/C19H26BNO2/c1-13-8-11-16(21-14(2)9-10-15(21)3)12-17(13)20-22-18(4,5)19(6,7)23-20/h8-12H,1-7H3. The van der Waals surface area contributed by atoms with Crippen LogP contribution in [0.5, 0.6) is 0 Å². The molecule has 3 rings (SSSR count). The van der Waals surface area contributed by atoms with E-state index in [1.807, 2.05) is 0 Å². The highest BCUT2D eigenvalue weighted by molar-refractivity contribution is 6.62. The molecule has 1 fully saturated rings. The number of hydrogen-bond acceptors (Lipinski definition) is 2. The Morgan fingerprint density at radius 1 is 0.826 bits per heavy atom. The fraction of sp³-hybridized carbons (Fsp3) is 0.474. The topological polar surface area (TPSA) is 23.4 Å². The van der Waals surface area contributed by atoms with Crippen molar-refractivity contribution in [3.8, 4) is 5.69 Å². The van der Waals surface area contributed by atoms with E-state index in [1.54, 1.807) is 0 Å². The first kappa shape index (κ1) is 16.3. The lowest BCUT2D eigenvalue weighted by atomic mass is 9.76. The summed E-state index contributed by atoms with van der Waals surface area (Å²) in [5, 5.41) is 0. The van der Waals surface area contributed by atoms with Gasteiger partial charge in [0.2, 0.25) is 0 Å². The van der Waals surface area contributed by atoms with E-state index in [2.05, 4.69) is 83.4 Å². The molecule has 0 N–H and O–H groups in total. The molecule has 0 amide bonds. The van der Waals surface area contributed by atoms with Gasteiger partial charge in [0, 0.05) is 17.1 Å². The normalized spacial score (nSPS) is 19.3. The van der Waals surface area contributed by atoms with E-state index in [-0.39, 0.29) is 18.3 Å². The third-order valence-corrected chi connectivity index (χ3v) is 5.30. The third kappa shape index (κ3) is 2.64. The molecule has 4 heteroatoms. The monoisotopic (exact) mass is 311 g/mol. The van der Waals surface area contributed by atoms with Crippen molar-refractivity contribution in [3.05, 3.63) is 47.3 Å². The summed E-state index contributed by atoms with van der Waals surface area (Å²) in [4.78, 5) is 0. The average molecular weight is 311 g/mol. The second-order valence-electron chi connectivity index (χ2n) is 7.58. The highest BCUT2D eigenvalue weighted by Crippen LogP contribution is 2.36. The molecule has 23 heavy (non-hydrogen) atoms. The molecule has 0 bridgehead atoms. The minimum absolute atomic E-state index is 0.320. The second kappa shape index (κ2) is 5.25. The molecule has 1 aromatic carbocycles. The van der Waals surface area contributed by atoms with Crippen LogP contribution in [-0.2, 0) is 9.31 Å². The van der Waals surface area contributed by atoms with Gasteiger partial charge in [0.15, 0.2) is 0 Å². The smallest absolute Gasteiger partial charge is 0.399 e. The van der Waals surface area contributed by atoms with Gasteiger partial charge in [-0.25, -0.2) is 0 Å². The molecule has 0 aliphatic carbocycles. The van der Waals surface area contributed by atoms with Crippen molar-refractivity contribution >= 4 is 12.6 Å². The zero-order valence-electron chi connectivity index (χ0n) is 15.2. The summed E-state index contributed by atoms with van der Waals surface area (Å²) < 4.78 is 14.7. The maximum atomic E-state index is 6.23. The molecule has 0 unspecified atom stereocenters. The zero-order chi connectivity index (χ0) is 17.0. The Kier molecular flexibility index (Phi) is 3.73. The Labute approximate surface area is 139 Å². The minimum atomic E-state index is -0.323. The Morgan fingerprint density at radius 3 is 1.87 bits per heavy atom. The van der Waals surface area contributed by atoms with Crippen LogP contribution in [-0.4, -0.2) is 22.9 Å². The van der Waals surface area contributed by atoms with Crippen LogP contribution in [0.2, 0.25) is 0 Å². The molecule has 0 radical (unpaired) electrons. The lowest BCUT2D eigenvalue weighted by Gasteiger charge is -2.32. The van der Waals surface area contributed by atoms with Crippen LogP contribution in [0.15, 0.2) is 30.3 Å². The van der Waals surface area contributed by atoms with Gasteiger partial charge in [0.1, 0.15) is 0 Å². The van der Waals surface area contributed by atoms with E-state index in [4.69, 9.17) is 9.31 Å². The van der Waals surface area contributed by atoms with Crippen LogP contribution in [0.4, 0.5) is 0 Å². The van der Waals surface area contributed by atoms with Crippen molar-refractivity contribution < 1.29 is 9.31 Å². The summed E-state index contributed by atoms with van der Waals surface area (Å²) in [6, 6.07) is 10.8. The Morgan fingerprint density at radius 2 is 1.35 bits per heavy atom. The van der Waals surface area contributed by atoms with Crippen molar-refractivity contribution in [2.24, 2.45) is 0 Å². The van der Waals surface area contributed by atoms with Gasteiger partial charge < -0.3 is 13.9 Å². The Hall–Kier alpha value is -1.52. The molecular weight excluding hydrogens is 285 g/mol. The van der Waals surface area contributed by atoms with Crippen molar-refractivity contribution in [2.45, 2.75) is 59.7 Å². The van der Waals surface area contributed by atoms with Gasteiger partial charge in [-0.15, -0.1) is 0 Å². The predicted octanol–water partition coefficient (Wildman–Crippen LogP) is 3.70. The van der Waals surface area contributed by atoms with E-state index >= 15 is 0 Å². The fourth-order valence-corrected chi connectivity index (χ4v) is 3.07. The second-order valence-corrected chi connectivity index (χ2v) is 7.58. The summed E-state index contributed by atoms with van der Waals surface area (Å²) in [5.74, 6) is 0. The predicted molar refractivity (Wildman–Crippen MR) is 95.7 cm³/mol. The van der Waals surface area contributed by atoms with Crippen molar-refractivity contribution in [3.63, 3.8) is 0 Å². The lowest BCUT2D eigenvalue weighted by Crippen LogP contribution is -2.41. The molecule has 0 spiro atoms. The van der Waals surface area contributed by atoms with Crippen molar-refractivity contribution in [1.82, 2.24) is 4.57 Å². The van der Waals surface area contributed by atoms with Gasteiger partial charge in [-0.3, -0.25) is 0 Å². The summed E-state index contributed by atoms with van der Waals surface area (Å²) in [7, 11) is -0.323. The molecule has 0 saturated carbocycles. The highest BCUT2D eigenvalue weighted by atomic mass is 16.7. The van der Waals surface area contributed by atoms with E-state index in [1.165, 1.54) is 17.0 Å². The van der Waals surface area contributed by atoms with E-state index in [0.717, 1.165) is 11.2 Å². The molecule has 1 aromatic heterocycles. The molecule has 2 aromatic rings. The van der Waals surface area contributed by atoms with Crippen LogP contribution in [0.3, 0.4) is 0 Å². The first-order chi connectivity index (χ1) is 10.6. The maximum Gasteiger partial charge on any atom is 0.495 e. The Balaban J connectivity index is 2.04. The summed E-state index contributed by atoms with van der Waals surface area (Å²) in [5.41, 5.74) is 5.26. The first-order valence-electron chi connectivity index (χ1n) is 8.24. The number of aryl methyl sites for hydroxylation is 3. The maximum absolute atomic E-state index is 6.23. The van der Waals surface area contributed by atoms with Gasteiger partial charge in [-0.05, 0) is 78.2 Å². The SMILES string of the molecule is Cc1ccc(-n2c(C)ccc2C)cc1B1OC(C)(C)C(C)(C)O1. The van der Waals surface area contributed by atoms with E-state index < -0.39 is 0 Å². The number of rotatable bonds is 2. The van der Waals surface area contributed by atoms with Crippen molar-refractivity contribution in [1.29, 1.82) is 0 Å². The van der Waals surface area contributed by atoms with Gasteiger partial charge >= 0.3 is 7.12 Å². The van der Waals surface area contributed by atoms with E-state index in [9.17, 15) is 0 Å². The van der Waals surface area contributed by atoms with Gasteiger partial charge in [-0.1, -0.05) is 11.6 Å². The molecule has 3 nitrogen and oxygen atoms in total. The molecule has 2 heterocycles. The van der Waals surface area contributed by atoms with Crippen LogP contribution in [0.25, 0.3) is 5.69 Å². The Bertz CT molecular complexity index is 710. The largest absolute Gasteiger partial charge is 0.495 e. The third-order valence-electron chi connectivity index (χ3n) is 5.30.